The van der Waals surface area contributed by atoms with Crippen LogP contribution < -0.4 is 15.4 Å². The summed E-state index contributed by atoms with van der Waals surface area (Å²) in [4.78, 5) is 24.8. The quantitative estimate of drug-likeness (QED) is 0.146. The molecule has 5 aromatic rings. The first-order chi connectivity index (χ1) is 20.0. The number of hydrogen-bond acceptors (Lipinski definition) is 6. The van der Waals surface area contributed by atoms with Crippen molar-refractivity contribution < 1.29 is 14.3 Å². The van der Waals surface area contributed by atoms with E-state index in [0.29, 0.717) is 28.1 Å². The molecule has 0 fully saturated rings. The Balaban J connectivity index is 1.12. The molecular formula is C32H27N5O3S. The van der Waals surface area contributed by atoms with Gasteiger partial charge in [-0.15, -0.1) is 10.2 Å². The van der Waals surface area contributed by atoms with Crippen LogP contribution in [0.3, 0.4) is 0 Å². The summed E-state index contributed by atoms with van der Waals surface area (Å²) in [5, 5.41) is 14.9. The maximum absolute atomic E-state index is 12.5. The maximum Gasteiger partial charge on any atom is 0.248 e. The molecule has 204 valence electrons. The molecule has 0 unspecified atom stereocenters. The molecule has 0 saturated heterocycles. The number of aromatic nitrogens is 3. The van der Waals surface area contributed by atoms with Crippen LogP contribution in [0, 0.1) is 0 Å². The van der Waals surface area contributed by atoms with Crippen LogP contribution in [0.2, 0.25) is 0 Å². The summed E-state index contributed by atoms with van der Waals surface area (Å²) < 4.78 is 7.63. The number of benzene rings is 4. The van der Waals surface area contributed by atoms with E-state index < -0.39 is 0 Å². The summed E-state index contributed by atoms with van der Waals surface area (Å²) in [6.07, 6.45) is 3.27. The molecule has 8 nitrogen and oxygen atoms in total. The number of amides is 2. The number of rotatable bonds is 10. The third-order valence-electron chi connectivity index (χ3n) is 5.92. The lowest BCUT2D eigenvalue weighted by Crippen LogP contribution is -2.14. The van der Waals surface area contributed by atoms with E-state index in [1.165, 1.54) is 17.8 Å². The van der Waals surface area contributed by atoms with E-state index in [1.807, 2.05) is 109 Å². The van der Waals surface area contributed by atoms with Crippen LogP contribution >= 0.6 is 11.8 Å². The fourth-order valence-corrected chi connectivity index (χ4v) is 4.58. The molecule has 2 amide bonds. The van der Waals surface area contributed by atoms with E-state index in [0.717, 1.165) is 16.9 Å². The summed E-state index contributed by atoms with van der Waals surface area (Å²) in [7, 11) is 1.85. The van der Waals surface area contributed by atoms with Crippen LogP contribution in [0.1, 0.15) is 5.56 Å². The van der Waals surface area contributed by atoms with Crippen molar-refractivity contribution in [3.8, 4) is 22.9 Å². The van der Waals surface area contributed by atoms with Gasteiger partial charge in [0.15, 0.2) is 11.0 Å². The van der Waals surface area contributed by atoms with Crippen LogP contribution in [-0.2, 0) is 16.6 Å². The number of para-hydroxylation sites is 1. The lowest BCUT2D eigenvalue weighted by Gasteiger charge is -2.08. The fourth-order valence-electron chi connectivity index (χ4n) is 3.87. The van der Waals surface area contributed by atoms with Gasteiger partial charge in [-0.2, -0.15) is 0 Å². The standard InChI is InChI=1S/C32H27N5O3S/c1-37-31(24-13-15-25(16-14-24)33-29(38)21-12-23-8-4-2-5-9-23)35-36-32(37)41-22-30(39)34-26-17-19-28(20-18-26)40-27-10-6-3-7-11-27/h2-21H,22H2,1H3,(H,33,38)(H,34,39). The summed E-state index contributed by atoms with van der Waals surface area (Å²) >= 11 is 1.30. The Labute approximate surface area is 242 Å². The minimum atomic E-state index is -0.214. The molecule has 0 radical (unpaired) electrons. The van der Waals surface area contributed by atoms with Crippen LogP contribution in [0.5, 0.6) is 11.5 Å². The van der Waals surface area contributed by atoms with Gasteiger partial charge in [-0.1, -0.05) is 60.3 Å². The molecule has 4 aromatic carbocycles. The first-order valence-corrected chi connectivity index (χ1v) is 13.8. The molecule has 0 saturated carbocycles. The SMILES string of the molecule is Cn1c(SCC(=O)Nc2ccc(Oc3ccccc3)cc2)nnc1-c1ccc(NC(=O)C=Cc2ccccc2)cc1. The van der Waals surface area contributed by atoms with Gasteiger partial charge in [-0.3, -0.25) is 9.59 Å². The van der Waals surface area contributed by atoms with Gasteiger partial charge in [0.1, 0.15) is 11.5 Å². The van der Waals surface area contributed by atoms with Crippen molar-refractivity contribution in [3.63, 3.8) is 0 Å². The summed E-state index contributed by atoms with van der Waals surface area (Å²) in [6, 6.07) is 33.7. The van der Waals surface area contributed by atoms with Gasteiger partial charge >= 0.3 is 0 Å². The lowest BCUT2D eigenvalue weighted by molar-refractivity contribution is -0.114. The lowest BCUT2D eigenvalue weighted by atomic mass is 10.2. The highest BCUT2D eigenvalue weighted by molar-refractivity contribution is 7.99. The van der Waals surface area contributed by atoms with Crippen molar-refractivity contribution in [1.82, 2.24) is 14.8 Å². The largest absolute Gasteiger partial charge is 0.457 e. The summed E-state index contributed by atoms with van der Waals surface area (Å²) in [5.74, 6) is 1.90. The van der Waals surface area contributed by atoms with E-state index >= 15 is 0 Å². The number of ether oxygens (including phenoxy) is 1. The zero-order valence-corrected chi connectivity index (χ0v) is 23.0. The normalized spacial score (nSPS) is 10.9. The Bertz CT molecular complexity index is 1640. The molecule has 0 aliphatic carbocycles. The number of hydrogen-bond donors (Lipinski definition) is 2. The van der Waals surface area contributed by atoms with Gasteiger partial charge in [-0.25, -0.2) is 0 Å². The minimum absolute atomic E-state index is 0.155. The minimum Gasteiger partial charge on any atom is -0.457 e. The molecule has 1 aromatic heterocycles. The average molecular weight is 562 g/mol. The van der Waals surface area contributed by atoms with Crippen molar-refractivity contribution in [1.29, 1.82) is 0 Å². The number of thioether (sulfide) groups is 1. The highest BCUT2D eigenvalue weighted by atomic mass is 32.2. The molecule has 9 heteroatoms. The highest BCUT2D eigenvalue weighted by Gasteiger charge is 2.13. The van der Waals surface area contributed by atoms with E-state index in [4.69, 9.17) is 4.74 Å². The van der Waals surface area contributed by atoms with E-state index in [9.17, 15) is 9.59 Å². The van der Waals surface area contributed by atoms with E-state index in [2.05, 4.69) is 20.8 Å². The number of carbonyl (C=O) groups is 2. The van der Waals surface area contributed by atoms with Gasteiger partial charge in [0.05, 0.1) is 5.75 Å². The number of carbonyl (C=O) groups excluding carboxylic acids is 2. The Morgan fingerprint density at radius 2 is 1.39 bits per heavy atom. The number of anilines is 2. The zero-order valence-electron chi connectivity index (χ0n) is 22.2. The van der Waals surface area contributed by atoms with Crippen LogP contribution in [0.4, 0.5) is 11.4 Å². The maximum atomic E-state index is 12.5. The Hall–Kier alpha value is -5.15. The molecule has 2 N–H and O–H groups in total. The predicted molar refractivity (Wildman–Crippen MR) is 163 cm³/mol. The second-order valence-electron chi connectivity index (χ2n) is 8.95. The van der Waals surface area contributed by atoms with Crippen LogP contribution in [0.25, 0.3) is 17.5 Å². The molecule has 0 atom stereocenters. The first-order valence-electron chi connectivity index (χ1n) is 12.8. The van der Waals surface area contributed by atoms with Gasteiger partial charge in [-0.05, 0) is 72.3 Å². The first kappa shape index (κ1) is 27.4. The van der Waals surface area contributed by atoms with Crippen molar-refractivity contribution in [2.24, 2.45) is 7.05 Å². The third-order valence-corrected chi connectivity index (χ3v) is 6.94. The van der Waals surface area contributed by atoms with E-state index in [1.54, 1.807) is 18.2 Å². The summed E-state index contributed by atoms with van der Waals surface area (Å²) in [5.41, 5.74) is 3.14. The van der Waals surface area contributed by atoms with Gasteiger partial charge in [0.2, 0.25) is 11.8 Å². The molecule has 41 heavy (non-hydrogen) atoms. The van der Waals surface area contributed by atoms with Crippen molar-refractivity contribution in [2.45, 2.75) is 5.16 Å². The number of nitrogens with zero attached hydrogens (tertiary/aromatic N) is 3. The third kappa shape index (κ3) is 7.71. The molecule has 0 aliphatic heterocycles. The smallest absolute Gasteiger partial charge is 0.248 e. The van der Waals surface area contributed by atoms with E-state index in [-0.39, 0.29) is 17.6 Å². The Kier molecular flexibility index (Phi) is 8.88. The average Bonchev–Trinajstić information content (AvgIpc) is 3.37. The predicted octanol–water partition coefficient (Wildman–Crippen LogP) is 6.66. The van der Waals surface area contributed by atoms with Gasteiger partial charge in [0.25, 0.3) is 0 Å². The van der Waals surface area contributed by atoms with Crippen molar-refractivity contribution >= 4 is 41.0 Å². The zero-order chi connectivity index (χ0) is 28.4. The summed E-state index contributed by atoms with van der Waals surface area (Å²) in [6.45, 7) is 0. The molecule has 1 heterocycles. The molecule has 0 aliphatic rings. The highest BCUT2D eigenvalue weighted by Crippen LogP contribution is 2.25. The fraction of sp³-hybridized carbons (Fsp3) is 0.0625. The van der Waals surface area contributed by atoms with Crippen molar-refractivity contribution in [2.75, 3.05) is 16.4 Å². The topological polar surface area (TPSA) is 98.1 Å². The monoisotopic (exact) mass is 561 g/mol. The van der Waals surface area contributed by atoms with Crippen LogP contribution in [0.15, 0.2) is 120 Å². The molecule has 0 bridgehead atoms. The molecular weight excluding hydrogens is 534 g/mol. The molecule has 5 rings (SSSR count). The second kappa shape index (κ2) is 13.3. The Morgan fingerprint density at radius 3 is 2.10 bits per heavy atom. The Morgan fingerprint density at radius 1 is 0.780 bits per heavy atom. The number of nitrogens with one attached hydrogen (secondary N) is 2. The van der Waals surface area contributed by atoms with Crippen LogP contribution in [-0.4, -0.2) is 32.3 Å². The van der Waals surface area contributed by atoms with Gasteiger partial charge in [0, 0.05) is 30.1 Å². The second-order valence-corrected chi connectivity index (χ2v) is 9.89. The van der Waals surface area contributed by atoms with Crippen molar-refractivity contribution in [3.05, 3.63) is 121 Å². The van der Waals surface area contributed by atoms with Gasteiger partial charge < -0.3 is 19.9 Å². The molecule has 0 spiro atoms.